The summed E-state index contributed by atoms with van der Waals surface area (Å²) in [4.78, 5) is 42.7. The molecule has 0 spiro atoms. The molecular formula is C19H16ClFN4O3S. The van der Waals surface area contributed by atoms with E-state index in [0.717, 1.165) is 0 Å². The van der Waals surface area contributed by atoms with E-state index < -0.39 is 11.7 Å². The van der Waals surface area contributed by atoms with Crippen molar-refractivity contribution >= 4 is 50.7 Å². The van der Waals surface area contributed by atoms with Crippen molar-refractivity contribution in [2.24, 2.45) is 5.92 Å². The van der Waals surface area contributed by atoms with Gasteiger partial charge in [0.25, 0.3) is 5.56 Å². The minimum Gasteiger partial charge on any atom is -0.354 e. The van der Waals surface area contributed by atoms with Crippen LogP contribution in [0.25, 0.3) is 10.2 Å². The molecule has 3 aromatic rings. The summed E-state index contributed by atoms with van der Waals surface area (Å²) in [6, 6.07) is 5.55. The van der Waals surface area contributed by atoms with E-state index in [1.807, 2.05) is 0 Å². The molecule has 7 nitrogen and oxygen atoms in total. The van der Waals surface area contributed by atoms with E-state index in [9.17, 15) is 18.8 Å². The molecule has 1 saturated heterocycles. The number of carbonyl (C=O) groups excluding carboxylic acids is 2. The summed E-state index contributed by atoms with van der Waals surface area (Å²) < 4.78 is 15.5. The first-order valence-corrected chi connectivity index (χ1v) is 10.2. The molecule has 150 valence electrons. The number of nitrogens with zero attached hydrogens (tertiary/aromatic N) is 3. The van der Waals surface area contributed by atoms with Crippen molar-refractivity contribution in [2.45, 2.75) is 13.0 Å². The number of nitrogens with one attached hydrogen (secondary N) is 1. The first kappa shape index (κ1) is 19.5. The highest BCUT2D eigenvalue weighted by atomic mass is 35.5. The molecule has 4 rings (SSSR count). The fraction of sp³-hybridized carbons (Fsp3) is 0.263. The summed E-state index contributed by atoms with van der Waals surface area (Å²) in [5.74, 6) is -1.67. The van der Waals surface area contributed by atoms with Gasteiger partial charge >= 0.3 is 0 Å². The van der Waals surface area contributed by atoms with Gasteiger partial charge in [-0.2, -0.15) is 0 Å². The number of benzene rings is 1. The third kappa shape index (κ3) is 3.88. The topological polar surface area (TPSA) is 84.3 Å². The van der Waals surface area contributed by atoms with E-state index >= 15 is 0 Å². The lowest BCUT2D eigenvalue weighted by Crippen LogP contribution is -2.36. The highest BCUT2D eigenvalue weighted by Gasteiger charge is 2.35. The van der Waals surface area contributed by atoms with Crippen molar-refractivity contribution in [1.29, 1.82) is 0 Å². The van der Waals surface area contributed by atoms with Crippen LogP contribution in [0.3, 0.4) is 0 Å². The van der Waals surface area contributed by atoms with Crippen LogP contribution in [0.15, 0.2) is 40.8 Å². The zero-order valence-electron chi connectivity index (χ0n) is 15.1. The van der Waals surface area contributed by atoms with Crippen LogP contribution in [0.2, 0.25) is 5.02 Å². The molecule has 1 atom stereocenters. The second-order valence-corrected chi connectivity index (χ2v) is 7.99. The van der Waals surface area contributed by atoms with Crippen molar-refractivity contribution in [3.05, 3.63) is 57.2 Å². The maximum atomic E-state index is 13.5. The standard InChI is InChI=1S/C19H16ClFN4O3S/c20-13-2-1-12(21)8-15(13)25-9-11(7-16(25)26)18(27)22-4-5-24-10-23-14-3-6-29-17(14)19(24)28/h1-3,6,8,10-11H,4-5,7,9H2,(H,22,27). The first-order chi connectivity index (χ1) is 13.9. The van der Waals surface area contributed by atoms with Gasteiger partial charge in [-0.05, 0) is 29.6 Å². The number of halogens is 2. The molecule has 0 saturated carbocycles. The van der Waals surface area contributed by atoms with Gasteiger partial charge in [0.1, 0.15) is 10.5 Å². The maximum absolute atomic E-state index is 13.5. The summed E-state index contributed by atoms with van der Waals surface area (Å²) in [5, 5.41) is 4.80. The van der Waals surface area contributed by atoms with E-state index in [0.29, 0.717) is 10.2 Å². The van der Waals surface area contributed by atoms with Crippen LogP contribution in [0.4, 0.5) is 10.1 Å². The summed E-state index contributed by atoms with van der Waals surface area (Å²) in [5.41, 5.74) is 0.761. The number of anilines is 1. The van der Waals surface area contributed by atoms with Crippen LogP contribution < -0.4 is 15.8 Å². The fourth-order valence-electron chi connectivity index (χ4n) is 3.29. The Balaban J connectivity index is 1.37. The van der Waals surface area contributed by atoms with Crippen molar-refractivity contribution in [2.75, 3.05) is 18.0 Å². The van der Waals surface area contributed by atoms with Crippen LogP contribution >= 0.6 is 22.9 Å². The third-order valence-corrected chi connectivity index (χ3v) is 5.99. The number of aromatic nitrogens is 2. The van der Waals surface area contributed by atoms with Gasteiger partial charge < -0.3 is 10.2 Å². The van der Waals surface area contributed by atoms with Crippen molar-refractivity contribution in [1.82, 2.24) is 14.9 Å². The quantitative estimate of drug-likeness (QED) is 0.668. The lowest BCUT2D eigenvalue weighted by atomic mass is 10.1. The summed E-state index contributed by atoms with van der Waals surface area (Å²) in [6.07, 6.45) is 1.47. The van der Waals surface area contributed by atoms with Crippen molar-refractivity contribution in [3.8, 4) is 0 Å². The largest absolute Gasteiger partial charge is 0.354 e. The predicted molar refractivity (Wildman–Crippen MR) is 109 cm³/mol. The van der Waals surface area contributed by atoms with E-state index in [2.05, 4.69) is 10.3 Å². The fourth-order valence-corrected chi connectivity index (χ4v) is 4.30. The van der Waals surface area contributed by atoms with Gasteiger partial charge in [0.2, 0.25) is 11.8 Å². The molecule has 1 unspecified atom stereocenters. The number of hydrogen-bond acceptors (Lipinski definition) is 5. The van der Waals surface area contributed by atoms with E-state index in [4.69, 9.17) is 11.6 Å². The number of amides is 2. The number of carbonyl (C=O) groups is 2. The molecule has 1 aromatic carbocycles. The molecule has 10 heteroatoms. The minimum absolute atomic E-state index is 0.0152. The SMILES string of the molecule is O=C(NCCn1cnc2ccsc2c1=O)C1CC(=O)N(c2cc(F)ccc2Cl)C1. The molecule has 2 aromatic heterocycles. The van der Waals surface area contributed by atoms with Crippen molar-refractivity contribution in [3.63, 3.8) is 0 Å². The molecule has 1 fully saturated rings. The monoisotopic (exact) mass is 434 g/mol. The van der Waals surface area contributed by atoms with Gasteiger partial charge in [-0.1, -0.05) is 11.6 Å². The van der Waals surface area contributed by atoms with Gasteiger partial charge in [0.05, 0.1) is 28.5 Å². The second kappa shape index (κ2) is 7.92. The lowest BCUT2D eigenvalue weighted by molar-refractivity contribution is -0.126. The Morgan fingerprint density at radius 3 is 3.00 bits per heavy atom. The van der Waals surface area contributed by atoms with Gasteiger partial charge in [-0.3, -0.25) is 19.0 Å². The van der Waals surface area contributed by atoms with Crippen LogP contribution in [0.1, 0.15) is 6.42 Å². The highest BCUT2D eigenvalue weighted by Crippen LogP contribution is 2.31. The van der Waals surface area contributed by atoms with Crippen LogP contribution in [0.5, 0.6) is 0 Å². The molecular weight excluding hydrogens is 419 g/mol. The van der Waals surface area contributed by atoms with E-state index in [-0.39, 0.29) is 54.1 Å². The van der Waals surface area contributed by atoms with Gasteiger partial charge in [-0.15, -0.1) is 11.3 Å². The molecule has 1 N–H and O–H groups in total. The normalized spacial score (nSPS) is 16.6. The van der Waals surface area contributed by atoms with E-state index in [1.54, 1.807) is 11.4 Å². The lowest BCUT2D eigenvalue weighted by Gasteiger charge is -2.18. The Labute approximate surface area is 173 Å². The van der Waals surface area contributed by atoms with Crippen molar-refractivity contribution < 1.29 is 14.0 Å². The van der Waals surface area contributed by atoms with Crippen LogP contribution in [0, 0.1) is 11.7 Å². The number of thiophene rings is 1. The Hall–Kier alpha value is -2.78. The number of fused-ring (bicyclic) bond motifs is 1. The zero-order chi connectivity index (χ0) is 20.5. The molecule has 1 aliphatic heterocycles. The van der Waals surface area contributed by atoms with Crippen LogP contribution in [-0.4, -0.2) is 34.5 Å². The minimum atomic E-state index is -0.573. The van der Waals surface area contributed by atoms with Gasteiger partial charge in [-0.25, -0.2) is 9.37 Å². The van der Waals surface area contributed by atoms with Gasteiger partial charge in [0.15, 0.2) is 0 Å². The predicted octanol–water partition coefficient (Wildman–Crippen LogP) is 2.42. The third-order valence-electron chi connectivity index (χ3n) is 4.78. The zero-order valence-corrected chi connectivity index (χ0v) is 16.7. The molecule has 1 aliphatic rings. The summed E-state index contributed by atoms with van der Waals surface area (Å²) in [6.45, 7) is 0.616. The Bertz CT molecular complexity index is 1160. The average Bonchev–Trinajstić information content (AvgIpc) is 3.32. The molecule has 0 bridgehead atoms. The molecule has 3 heterocycles. The average molecular weight is 435 g/mol. The Morgan fingerprint density at radius 1 is 1.34 bits per heavy atom. The first-order valence-electron chi connectivity index (χ1n) is 8.90. The van der Waals surface area contributed by atoms with Crippen LogP contribution in [-0.2, 0) is 16.1 Å². The Morgan fingerprint density at radius 2 is 2.17 bits per heavy atom. The molecule has 0 aliphatic carbocycles. The number of hydrogen-bond donors (Lipinski definition) is 1. The highest BCUT2D eigenvalue weighted by molar-refractivity contribution is 7.17. The summed E-state index contributed by atoms with van der Waals surface area (Å²) >= 11 is 7.39. The maximum Gasteiger partial charge on any atom is 0.271 e. The molecule has 2 amide bonds. The number of rotatable bonds is 5. The molecule has 0 radical (unpaired) electrons. The Kier molecular flexibility index (Phi) is 5.33. The molecule has 29 heavy (non-hydrogen) atoms. The van der Waals surface area contributed by atoms with E-state index in [1.165, 1.54) is 45.3 Å². The second-order valence-electron chi connectivity index (χ2n) is 6.67. The summed E-state index contributed by atoms with van der Waals surface area (Å²) in [7, 11) is 0. The van der Waals surface area contributed by atoms with Gasteiger partial charge in [0, 0.05) is 26.1 Å². The smallest absolute Gasteiger partial charge is 0.271 e.